The van der Waals surface area contributed by atoms with Crippen molar-refractivity contribution < 1.29 is 9.53 Å². The number of benzene rings is 2. The Balaban J connectivity index is 1.60. The number of piperidine rings is 1. The summed E-state index contributed by atoms with van der Waals surface area (Å²) >= 11 is 0. The standard InChI is InChI=1S/C29H38N4O2/c1-22-7-11-24(12-8-22)33-21-26(30-23-9-13-25(35-3)14-10-23)27(32-19-17-31(2)18-20-32)29(28(33)34)15-5-4-6-16-29/h7-14,27H,4-6,15-21H2,1-3H3. The topological polar surface area (TPSA) is 48.4 Å². The molecule has 0 radical (unpaired) electrons. The van der Waals surface area contributed by atoms with Gasteiger partial charge in [-0.05, 0) is 63.2 Å². The molecule has 0 N–H and O–H groups in total. The first-order valence-electron chi connectivity index (χ1n) is 13.0. The van der Waals surface area contributed by atoms with Crippen molar-refractivity contribution in [1.82, 2.24) is 9.80 Å². The highest BCUT2D eigenvalue weighted by atomic mass is 16.5. The molecule has 1 unspecified atom stereocenters. The molecule has 2 aromatic carbocycles. The van der Waals surface area contributed by atoms with Crippen LogP contribution in [0.25, 0.3) is 0 Å². The highest BCUT2D eigenvalue weighted by molar-refractivity contribution is 6.13. The molecule has 3 aliphatic rings. The Labute approximate surface area is 209 Å². The number of anilines is 1. The maximum absolute atomic E-state index is 14.4. The second-order valence-corrected chi connectivity index (χ2v) is 10.5. The Hall–Kier alpha value is -2.70. The number of hydrogen-bond acceptors (Lipinski definition) is 5. The average molecular weight is 475 g/mol. The first-order valence-corrected chi connectivity index (χ1v) is 13.0. The van der Waals surface area contributed by atoms with Gasteiger partial charge in [-0.25, -0.2) is 0 Å². The van der Waals surface area contributed by atoms with Crippen LogP contribution in [0.15, 0.2) is 53.5 Å². The molecule has 1 spiro atoms. The van der Waals surface area contributed by atoms with Gasteiger partial charge in [0.2, 0.25) is 5.91 Å². The number of ether oxygens (including phenoxy) is 1. The number of aliphatic imine (C=N–C) groups is 1. The fourth-order valence-electron chi connectivity index (χ4n) is 6.19. The number of aryl methyl sites for hydroxylation is 1. The van der Waals surface area contributed by atoms with Crippen molar-refractivity contribution in [2.75, 3.05) is 51.8 Å². The van der Waals surface area contributed by atoms with E-state index in [1.165, 1.54) is 12.0 Å². The lowest BCUT2D eigenvalue weighted by Gasteiger charge is -2.54. The summed E-state index contributed by atoms with van der Waals surface area (Å²) in [5, 5.41) is 0. The van der Waals surface area contributed by atoms with Crippen molar-refractivity contribution in [2.45, 2.75) is 45.1 Å². The predicted molar refractivity (Wildman–Crippen MR) is 142 cm³/mol. The van der Waals surface area contributed by atoms with Crippen LogP contribution in [-0.2, 0) is 4.79 Å². The smallest absolute Gasteiger partial charge is 0.235 e. The Bertz CT molecular complexity index is 1050. The molecule has 1 saturated carbocycles. The number of piperazine rings is 1. The van der Waals surface area contributed by atoms with Gasteiger partial charge in [0.05, 0.1) is 36.5 Å². The molecule has 6 heteroatoms. The zero-order valence-electron chi connectivity index (χ0n) is 21.4. The molecule has 3 fully saturated rings. The second-order valence-electron chi connectivity index (χ2n) is 10.5. The second kappa shape index (κ2) is 10.1. The summed E-state index contributed by atoms with van der Waals surface area (Å²) in [5.74, 6) is 1.12. The Morgan fingerprint density at radius 1 is 0.914 bits per heavy atom. The summed E-state index contributed by atoms with van der Waals surface area (Å²) < 4.78 is 5.36. The third kappa shape index (κ3) is 4.74. The van der Waals surface area contributed by atoms with Gasteiger partial charge >= 0.3 is 0 Å². The highest BCUT2D eigenvalue weighted by Gasteiger charge is 2.56. The molecule has 0 bridgehead atoms. The number of rotatable bonds is 4. The molecule has 2 aromatic rings. The van der Waals surface area contributed by atoms with Gasteiger partial charge < -0.3 is 14.5 Å². The number of carbonyl (C=O) groups excluding carboxylic acids is 1. The molecule has 1 atom stereocenters. The van der Waals surface area contributed by atoms with E-state index in [1.807, 2.05) is 29.2 Å². The number of likely N-dealkylation sites (N-methyl/N-ethyl adjacent to an activating group) is 1. The quantitative estimate of drug-likeness (QED) is 0.645. The maximum Gasteiger partial charge on any atom is 0.235 e. The lowest BCUT2D eigenvalue weighted by Crippen LogP contribution is -2.68. The van der Waals surface area contributed by atoms with Crippen LogP contribution in [0.3, 0.4) is 0 Å². The van der Waals surface area contributed by atoms with Crippen LogP contribution in [0.1, 0.15) is 37.7 Å². The van der Waals surface area contributed by atoms with Crippen LogP contribution in [0.2, 0.25) is 0 Å². The first-order chi connectivity index (χ1) is 17.0. The molecule has 2 aliphatic heterocycles. The van der Waals surface area contributed by atoms with E-state index in [-0.39, 0.29) is 6.04 Å². The summed E-state index contributed by atoms with van der Waals surface area (Å²) in [6.45, 7) is 6.62. The van der Waals surface area contributed by atoms with Gasteiger partial charge in [-0.2, -0.15) is 0 Å². The van der Waals surface area contributed by atoms with Gasteiger partial charge in [0.25, 0.3) is 0 Å². The minimum atomic E-state index is -0.414. The normalized spacial score (nSPS) is 24.8. The highest BCUT2D eigenvalue weighted by Crippen LogP contribution is 2.47. The van der Waals surface area contributed by atoms with Crippen LogP contribution in [0, 0.1) is 12.3 Å². The average Bonchev–Trinajstić information content (AvgIpc) is 2.89. The fourth-order valence-corrected chi connectivity index (χ4v) is 6.19. The SMILES string of the molecule is COc1ccc(N=C2CN(c3ccc(C)cc3)C(=O)C3(CCCCC3)C2N2CCN(C)CC2)cc1. The largest absolute Gasteiger partial charge is 0.497 e. The van der Waals surface area contributed by atoms with Crippen molar-refractivity contribution in [2.24, 2.45) is 10.4 Å². The number of carbonyl (C=O) groups is 1. The molecule has 2 saturated heterocycles. The maximum atomic E-state index is 14.4. The van der Waals surface area contributed by atoms with Gasteiger partial charge in [0.15, 0.2) is 0 Å². The predicted octanol–water partition coefficient (Wildman–Crippen LogP) is 4.69. The van der Waals surface area contributed by atoms with Gasteiger partial charge in [0.1, 0.15) is 5.75 Å². The molecular formula is C29H38N4O2. The van der Waals surface area contributed by atoms with Crippen LogP contribution < -0.4 is 9.64 Å². The van der Waals surface area contributed by atoms with Crippen molar-refractivity contribution in [3.05, 3.63) is 54.1 Å². The van der Waals surface area contributed by atoms with E-state index in [4.69, 9.17) is 9.73 Å². The minimum Gasteiger partial charge on any atom is -0.497 e. The van der Waals surface area contributed by atoms with E-state index >= 15 is 0 Å². The molecule has 1 amide bonds. The number of methoxy groups -OCH3 is 1. The van der Waals surface area contributed by atoms with Crippen LogP contribution in [-0.4, -0.2) is 74.3 Å². The summed E-state index contributed by atoms with van der Waals surface area (Å²) in [6, 6.07) is 16.4. The van der Waals surface area contributed by atoms with E-state index in [0.29, 0.717) is 12.5 Å². The van der Waals surface area contributed by atoms with E-state index in [9.17, 15) is 4.79 Å². The summed E-state index contributed by atoms with van der Waals surface area (Å²) in [4.78, 5) is 26.6. The van der Waals surface area contributed by atoms with Crippen LogP contribution in [0.5, 0.6) is 5.75 Å². The third-order valence-electron chi connectivity index (χ3n) is 8.17. The zero-order chi connectivity index (χ0) is 24.4. The fraction of sp³-hybridized carbons (Fsp3) is 0.517. The van der Waals surface area contributed by atoms with Crippen molar-refractivity contribution >= 4 is 23.0 Å². The molecule has 2 heterocycles. The number of hydrogen-bond donors (Lipinski definition) is 0. The molecule has 35 heavy (non-hydrogen) atoms. The van der Waals surface area contributed by atoms with Crippen molar-refractivity contribution in [3.8, 4) is 5.75 Å². The van der Waals surface area contributed by atoms with E-state index in [1.54, 1.807) is 7.11 Å². The monoisotopic (exact) mass is 474 g/mol. The van der Waals surface area contributed by atoms with Gasteiger partial charge in [-0.3, -0.25) is 14.7 Å². The van der Waals surface area contributed by atoms with Crippen LogP contribution >= 0.6 is 0 Å². The lowest BCUT2D eigenvalue weighted by molar-refractivity contribution is -0.134. The van der Waals surface area contributed by atoms with Gasteiger partial charge in [-0.1, -0.05) is 37.0 Å². The van der Waals surface area contributed by atoms with E-state index in [2.05, 4.69) is 48.0 Å². The van der Waals surface area contributed by atoms with E-state index in [0.717, 1.165) is 74.7 Å². The molecular weight excluding hydrogens is 436 g/mol. The lowest BCUT2D eigenvalue weighted by atomic mass is 9.64. The summed E-state index contributed by atoms with van der Waals surface area (Å²) in [6.07, 6.45) is 5.29. The van der Waals surface area contributed by atoms with Gasteiger partial charge in [0, 0.05) is 31.9 Å². The molecule has 186 valence electrons. The van der Waals surface area contributed by atoms with Gasteiger partial charge in [-0.15, -0.1) is 0 Å². The Morgan fingerprint density at radius 2 is 1.57 bits per heavy atom. The minimum absolute atomic E-state index is 0.0489. The summed E-state index contributed by atoms with van der Waals surface area (Å²) in [7, 11) is 3.87. The Kier molecular flexibility index (Phi) is 6.94. The number of nitrogens with zero attached hydrogens (tertiary/aromatic N) is 4. The molecule has 5 rings (SSSR count). The van der Waals surface area contributed by atoms with E-state index < -0.39 is 5.41 Å². The summed E-state index contributed by atoms with van der Waals surface area (Å²) in [5.41, 5.74) is 3.80. The third-order valence-corrected chi connectivity index (χ3v) is 8.17. The Morgan fingerprint density at radius 3 is 2.20 bits per heavy atom. The zero-order valence-corrected chi connectivity index (χ0v) is 21.4. The molecule has 0 aromatic heterocycles. The van der Waals surface area contributed by atoms with Crippen molar-refractivity contribution in [1.29, 1.82) is 0 Å². The van der Waals surface area contributed by atoms with Crippen LogP contribution in [0.4, 0.5) is 11.4 Å². The van der Waals surface area contributed by atoms with Crippen molar-refractivity contribution in [3.63, 3.8) is 0 Å². The molecule has 1 aliphatic carbocycles. The molecule has 6 nitrogen and oxygen atoms in total. The first kappa shape index (κ1) is 24.0. The number of amides is 1.